The summed E-state index contributed by atoms with van der Waals surface area (Å²) in [5, 5.41) is 3.03. The lowest BCUT2D eigenvalue weighted by Crippen LogP contribution is -2.41. The van der Waals surface area contributed by atoms with Crippen LogP contribution in [-0.2, 0) is 0 Å². The SMILES string of the molecule is Cc1ccc(C(=O)NCC2CCN(C(=O)c3ccoc3)CC2)cc1C. The molecule has 0 aliphatic carbocycles. The molecule has 1 aliphatic heterocycles. The average molecular weight is 340 g/mol. The van der Waals surface area contributed by atoms with E-state index in [4.69, 9.17) is 4.42 Å². The number of carbonyl (C=O) groups is 2. The van der Waals surface area contributed by atoms with Gasteiger partial charge in [-0.15, -0.1) is 0 Å². The lowest BCUT2D eigenvalue weighted by atomic mass is 9.96. The standard InChI is InChI=1S/C20H24N2O3/c1-14-3-4-17(11-15(14)2)19(23)21-12-16-5-8-22(9-6-16)20(24)18-7-10-25-13-18/h3-4,7,10-11,13,16H,5-6,8-9,12H2,1-2H3,(H,21,23). The first-order chi connectivity index (χ1) is 12.0. The monoisotopic (exact) mass is 340 g/mol. The van der Waals surface area contributed by atoms with Crippen molar-refractivity contribution in [1.82, 2.24) is 10.2 Å². The smallest absolute Gasteiger partial charge is 0.257 e. The molecule has 1 fully saturated rings. The molecular formula is C20H24N2O3. The zero-order valence-electron chi connectivity index (χ0n) is 14.7. The first-order valence-corrected chi connectivity index (χ1v) is 8.71. The van der Waals surface area contributed by atoms with Gasteiger partial charge < -0.3 is 14.6 Å². The normalized spacial score (nSPS) is 15.2. The average Bonchev–Trinajstić information content (AvgIpc) is 3.16. The van der Waals surface area contributed by atoms with E-state index >= 15 is 0 Å². The number of likely N-dealkylation sites (tertiary alicyclic amines) is 1. The number of carbonyl (C=O) groups excluding carboxylic acids is 2. The third-order valence-electron chi connectivity index (χ3n) is 4.99. The third-order valence-corrected chi connectivity index (χ3v) is 4.99. The summed E-state index contributed by atoms with van der Waals surface area (Å²) in [4.78, 5) is 26.4. The number of furan rings is 1. The summed E-state index contributed by atoms with van der Waals surface area (Å²) in [6, 6.07) is 7.46. The van der Waals surface area contributed by atoms with E-state index in [9.17, 15) is 9.59 Å². The van der Waals surface area contributed by atoms with Gasteiger partial charge in [0.2, 0.25) is 0 Å². The summed E-state index contributed by atoms with van der Waals surface area (Å²) in [7, 11) is 0. The molecular weight excluding hydrogens is 316 g/mol. The van der Waals surface area contributed by atoms with Gasteiger partial charge in [-0.05, 0) is 61.9 Å². The van der Waals surface area contributed by atoms with Gasteiger partial charge in [-0.3, -0.25) is 9.59 Å². The highest BCUT2D eigenvalue weighted by Gasteiger charge is 2.24. The summed E-state index contributed by atoms with van der Waals surface area (Å²) in [5.74, 6) is 0.398. The summed E-state index contributed by atoms with van der Waals surface area (Å²) in [5.41, 5.74) is 3.61. The van der Waals surface area contributed by atoms with Gasteiger partial charge in [-0.25, -0.2) is 0 Å². The molecule has 5 nitrogen and oxygen atoms in total. The minimum absolute atomic E-state index is 0.0198. The molecule has 0 unspecified atom stereocenters. The van der Waals surface area contributed by atoms with Crippen LogP contribution in [0.2, 0.25) is 0 Å². The van der Waals surface area contributed by atoms with Gasteiger partial charge in [-0.1, -0.05) is 6.07 Å². The number of nitrogens with zero attached hydrogens (tertiary/aromatic N) is 1. The zero-order chi connectivity index (χ0) is 17.8. The molecule has 2 heterocycles. The van der Waals surface area contributed by atoms with Gasteiger partial charge in [0.1, 0.15) is 6.26 Å². The molecule has 25 heavy (non-hydrogen) atoms. The first kappa shape index (κ1) is 17.3. The van der Waals surface area contributed by atoms with Crippen LogP contribution in [0.15, 0.2) is 41.2 Å². The summed E-state index contributed by atoms with van der Waals surface area (Å²) in [6.45, 7) is 6.14. The molecule has 0 spiro atoms. The molecule has 3 rings (SSSR count). The van der Waals surface area contributed by atoms with Gasteiger partial charge in [0.25, 0.3) is 11.8 Å². The Kier molecular flexibility index (Phi) is 5.22. The molecule has 0 radical (unpaired) electrons. The van der Waals surface area contributed by atoms with Crippen LogP contribution < -0.4 is 5.32 Å². The van der Waals surface area contributed by atoms with Crippen molar-refractivity contribution < 1.29 is 14.0 Å². The van der Waals surface area contributed by atoms with Crippen LogP contribution >= 0.6 is 0 Å². The Morgan fingerprint density at radius 2 is 1.88 bits per heavy atom. The molecule has 1 saturated heterocycles. The Bertz CT molecular complexity index is 744. The van der Waals surface area contributed by atoms with Gasteiger partial charge in [0, 0.05) is 25.2 Å². The number of amides is 2. The Balaban J connectivity index is 1.47. The van der Waals surface area contributed by atoms with Crippen molar-refractivity contribution >= 4 is 11.8 Å². The van der Waals surface area contributed by atoms with Crippen LogP contribution in [0.25, 0.3) is 0 Å². The third kappa shape index (κ3) is 4.10. The van der Waals surface area contributed by atoms with Gasteiger partial charge in [0.15, 0.2) is 0 Å². The predicted molar refractivity (Wildman–Crippen MR) is 95.6 cm³/mol. The van der Waals surface area contributed by atoms with E-state index in [-0.39, 0.29) is 11.8 Å². The fourth-order valence-corrected chi connectivity index (χ4v) is 3.13. The second-order valence-electron chi connectivity index (χ2n) is 6.76. The highest BCUT2D eigenvalue weighted by Crippen LogP contribution is 2.19. The number of hydrogen-bond donors (Lipinski definition) is 1. The van der Waals surface area contributed by atoms with Crippen LogP contribution in [0.1, 0.15) is 44.7 Å². The van der Waals surface area contributed by atoms with Gasteiger partial charge in [0.05, 0.1) is 11.8 Å². The van der Waals surface area contributed by atoms with E-state index in [1.165, 1.54) is 18.1 Å². The zero-order valence-corrected chi connectivity index (χ0v) is 14.7. The van der Waals surface area contributed by atoms with E-state index in [0.717, 1.165) is 18.4 Å². The minimum atomic E-state index is -0.0278. The molecule has 0 saturated carbocycles. The van der Waals surface area contributed by atoms with Crippen LogP contribution in [0, 0.1) is 19.8 Å². The quantitative estimate of drug-likeness (QED) is 0.930. The van der Waals surface area contributed by atoms with E-state index < -0.39 is 0 Å². The fourth-order valence-electron chi connectivity index (χ4n) is 3.13. The molecule has 5 heteroatoms. The largest absolute Gasteiger partial charge is 0.472 e. The van der Waals surface area contributed by atoms with E-state index in [1.54, 1.807) is 6.07 Å². The Labute approximate surface area is 148 Å². The molecule has 1 aromatic carbocycles. The molecule has 0 bridgehead atoms. The first-order valence-electron chi connectivity index (χ1n) is 8.71. The van der Waals surface area contributed by atoms with Crippen LogP contribution in [0.5, 0.6) is 0 Å². The van der Waals surface area contributed by atoms with Crippen molar-refractivity contribution in [3.05, 3.63) is 59.0 Å². The number of nitrogens with one attached hydrogen (secondary N) is 1. The minimum Gasteiger partial charge on any atom is -0.472 e. The highest BCUT2D eigenvalue weighted by molar-refractivity contribution is 5.94. The maximum absolute atomic E-state index is 12.3. The molecule has 1 aliphatic rings. The molecule has 2 amide bonds. The topological polar surface area (TPSA) is 62.6 Å². The lowest BCUT2D eigenvalue weighted by Gasteiger charge is -2.31. The number of piperidine rings is 1. The van der Waals surface area contributed by atoms with Crippen molar-refractivity contribution in [1.29, 1.82) is 0 Å². The predicted octanol–water partition coefficient (Wildman–Crippen LogP) is 3.18. The van der Waals surface area contributed by atoms with Crippen LogP contribution in [-0.4, -0.2) is 36.3 Å². The van der Waals surface area contributed by atoms with E-state index in [0.29, 0.717) is 36.7 Å². The number of rotatable bonds is 4. The number of benzene rings is 1. The Morgan fingerprint density at radius 1 is 1.12 bits per heavy atom. The number of aryl methyl sites for hydroxylation is 2. The molecule has 0 atom stereocenters. The van der Waals surface area contributed by atoms with Crippen molar-refractivity contribution in [2.24, 2.45) is 5.92 Å². The second-order valence-corrected chi connectivity index (χ2v) is 6.76. The van der Waals surface area contributed by atoms with Crippen molar-refractivity contribution in [2.75, 3.05) is 19.6 Å². The van der Waals surface area contributed by atoms with E-state index in [1.807, 2.05) is 36.9 Å². The second kappa shape index (κ2) is 7.55. The summed E-state index contributed by atoms with van der Waals surface area (Å²) in [6.07, 6.45) is 4.80. The maximum Gasteiger partial charge on any atom is 0.257 e. The van der Waals surface area contributed by atoms with Crippen LogP contribution in [0.4, 0.5) is 0 Å². The molecule has 132 valence electrons. The maximum atomic E-state index is 12.3. The van der Waals surface area contributed by atoms with Crippen molar-refractivity contribution in [3.8, 4) is 0 Å². The van der Waals surface area contributed by atoms with Gasteiger partial charge >= 0.3 is 0 Å². The summed E-state index contributed by atoms with van der Waals surface area (Å²) >= 11 is 0. The van der Waals surface area contributed by atoms with Gasteiger partial charge in [-0.2, -0.15) is 0 Å². The molecule has 1 N–H and O–H groups in total. The lowest BCUT2D eigenvalue weighted by molar-refractivity contribution is 0.0683. The van der Waals surface area contributed by atoms with Crippen LogP contribution in [0.3, 0.4) is 0 Å². The van der Waals surface area contributed by atoms with Crippen molar-refractivity contribution in [2.45, 2.75) is 26.7 Å². The molecule has 1 aromatic heterocycles. The highest BCUT2D eigenvalue weighted by atomic mass is 16.3. The number of hydrogen-bond acceptors (Lipinski definition) is 3. The Morgan fingerprint density at radius 3 is 2.52 bits per heavy atom. The molecule has 2 aromatic rings. The van der Waals surface area contributed by atoms with E-state index in [2.05, 4.69) is 5.32 Å². The van der Waals surface area contributed by atoms with Crippen molar-refractivity contribution in [3.63, 3.8) is 0 Å². The summed E-state index contributed by atoms with van der Waals surface area (Å²) < 4.78 is 4.98. The fraction of sp³-hybridized carbons (Fsp3) is 0.400. The Hall–Kier alpha value is -2.56.